The first-order chi connectivity index (χ1) is 12.6. The molecular weight excluding hydrogens is 326 g/mol. The molecule has 2 amide bonds. The quantitative estimate of drug-likeness (QED) is 0.298. The maximum Gasteiger partial charge on any atom is 0.240 e. The van der Waals surface area contributed by atoms with E-state index in [0.29, 0.717) is 25.8 Å². The zero-order valence-electron chi connectivity index (χ0n) is 17.1. The Morgan fingerprint density at radius 1 is 0.769 bits per heavy atom. The van der Waals surface area contributed by atoms with Crippen molar-refractivity contribution in [3.63, 3.8) is 0 Å². The first-order valence-electron chi connectivity index (χ1n) is 10.9. The number of hydrogen-bond donors (Lipinski definition) is 3. The molecule has 5 N–H and O–H groups in total. The number of primary amides is 1. The Kier molecular flexibility index (Phi) is 17.9. The van der Waals surface area contributed by atoms with E-state index in [0.717, 1.165) is 12.8 Å². The average molecular weight is 370 g/mol. The van der Waals surface area contributed by atoms with Gasteiger partial charge < -0.3 is 16.8 Å². The fourth-order valence-electron chi connectivity index (χ4n) is 3.18. The summed E-state index contributed by atoms with van der Waals surface area (Å²) in [7, 11) is 0. The molecule has 26 heavy (non-hydrogen) atoms. The van der Waals surface area contributed by atoms with Crippen molar-refractivity contribution in [1.82, 2.24) is 5.32 Å². The smallest absolute Gasteiger partial charge is 0.240 e. The minimum absolute atomic E-state index is 0.0751. The van der Waals surface area contributed by atoms with E-state index in [1.807, 2.05) is 0 Å². The van der Waals surface area contributed by atoms with Gasteiger partial charge in [-0.2, -0.15) is 0 Å². The maximum atomic E-state index is 11.9. The predicted octanol–water partition coefficient (Wildman–Crippen LogP) is 4.18. The zero-order chi connectivity index (χ0) is 19.5. The average Bonchev–Trinajstić information content (AvgIpc) is 2.62. The van der Waals surface area contributed by atoms with Crippen LogP contribution in [0, 0.1) is 0 Å². The highest BCUT2D eigenvalue weighted by Crippen LogP contribution is 2.13. The number of rotatable bonds is 19. The van der Waals surface area contributed by atoms with Gasteiger partial charge >= 0.3 is 0 Å². The largest absolute Gasteiger partial charge is 0.368 e. The molecule has 5 heteroatoms. The van der Waals surface area contributed by atoms with Crippen molar-refractivity contribution >= 4 is 11.8 Å². The molecule has 1 unspecified atom stereocenters. The summed E-state index contributed by atoms with van der Waals surface area (Å²) >= 11 is 0. The topological polar surface area (TPSA) is 98.2 Å². The second-order valence-electron chi connectivity index (χ2n) is 7.45. The molecule has 0 rings (SSSR count). The van der Waals surface area contributed by atoms with E-state index in [1.165, 1.54) is 70.6 Å². The molecule has 0 aromatic rings. The van der Waals surface area contributed by atoms with Crippen molar-refractivity contribution < 1.29 is 9.59 Å². The van der Waals surface area contributed by atoms with Crippen LogP contribution in [0.3, 0.4) is 0 Å². The second kappa shape index (κ2) is 18.7. The lowest BCUT2D eigenvalue weighted by Crippen LogP contribution is -2.44. The van der Waals surface area contributed by atoms with Gasteiger partial charge in [-0.25, -0.2) is 0 Å². The number of carbonyl (C=O) groups is 2. The van der Waals surface area contributed by atoms with Crippen LogP contribution in [-0.4, -0.2) is 24.4 Å². The van der Waals surface area contributed by atoms with Crippen molar-refractivity contribution in [1.29, 1.82) is 0 Å². The van der Waals surface area contributed by atoms with E-state index in [4.69, 9.17) is 11.5 Å². The summed E-state index contributed by atoms with van der Waals surface area (Å²) in [5, 5.41) is 2.73. The SMILES string of the molecule is CCCCCCCCCCCCCCCC(=O)NC(CCCN)C(N)=O. The van der Waals surface area contributed by atoms with E-state index in [2.05, 4.69) is 12.2 Å². The van der Waals surface area contributed by atoms with Crippen LogP contribution < -0.4 is 16.8 Å². The van der Waals surface area contributed by atoms with Gasteiger partial charge in [0.2, 0.25) is 11.8 Å². The Bertz CT molecular complexity index is 348. The zero-order valence-corrected chi connectivity index (χ0v) is 17.1. The molecule has 1 atom stereocenters. The van der Waals surface area contributed by atoms with Gasteiger partial charge in [-0.3, -0.25) is 9.59 Å². The molecule has 0 bridgehead atoms. The Hall–Kier alpha value is -1.10. The lowest BCUT2D eigenvalue weighted by molar-refractivity contribution is -0.127. The molecule has 0 aromatic heterocycles. The summed E-state index contributed by atoms with van der Waals surface area (Å²) in [5.74, 6) is -0.550. The van der Waals surface area contributed by atoms with E-state index < -0.39 is 11.9 Å². The number of nitrogens with one attached hydrogen (secondary N) is 1. The third-order valence-corrected chi connectivity index (χ3v) is 4.88. The number of hydrogen-bond acceptors (Lipinski definition) is 3. The summed E-state index contributed by atoms with van der Waals surface area (Å²) in [5.41, 5.74) is 10.7. The van der Waals surface area contributed by atoms with E-state index >= 15 is 0 Å². The molecule has 0 aliphatic rings. The Morgan fingerprint density at radius 3 is 1.65 bits per heavy atom. The Morgan fingerprint density at radius 2 is 1.23 bits per heavy atom. The normalized spacial score (nSPS) is 12.1. The molecule has 0 aliphatic carbocycles. The fourth-order valence-corrected chi connectivity index (χ4v) is 3.18. The minimum Gasteiger partial charge on any atom is -0.368 e. The van der Waals surface area contributed by atoms with Gasteiger partial charge in [-0.1, -0.05) is 84.0 Å². The highest BCUT2D eigenvalue weighted by atomic mass is 16.2. The Labute approximate surface area is 161 Å². The molecule has 0 radical (unpaired) electrons. The highest BCUT2D eigenvalue weighted by Gasteiger charge is 2.16. The van der Waals surface area contributed by atoms with Gasteiger partial charge in [0.15, 0.2) is 0 Å². The van der Waals surface area contributed by atoms with Crippen molar-refractivity contribution in [2.45, 2.75) is 116 Å². The number of nitrogens with two attached hydrogens (primary N) is 2. The maximum absolute atomic E-state index is 11.9. The summed E-state index contributed by atoms with van der Waals surface area (Å²) in [6.07, 6.45) is 18.4. The molecule has 0 spiro atoms. The van der Waals surface area contributed by atoms with Crippen LogP contribution in [-0.2, 0) is 9.59 Å². The van der Waals surface area contributed by atoms with Crippen LogP contribution in [0.5, 0.6) is 0 Å². The van der Waals surface area contributed by atoms with Crippen LogP contribution in [0.4, 0.5) is 0 Å². The lowest BCUT2D eigenvalue weighted by Gasteiger charge is -2.14. The van der Waals surface area contributed by atoms with Crippen LogP contribution in [0.2, 0.25) is 0 Å². The summed E-state index contributed by atoms with van der Waals surface area (Å²) < 4.78 is 0. The molecule has 0 heterocycles. The fraction of sp³-hybridized carbons (Fsp3) is 0.905. The summed E-state index contributed by atoms with van der Waals surface area (Å²) in [6.45, 7) is 2.76. The second-order valence-corrected chi connectivity index (χ2v) is 7.45. The van der Waals surface area contributed by atoms with Crippen LogP contribution in [0.15, 0.2) is 0 Å². The third-order valence-electron chi connectivity index (χ3n) is 4.88. The molecule has 5 nitrogen and oxygen atoms in total. The van der Waals surface area contributed by atoms with E-state index in [1.54, 1.807) is 0 Å². The van der Waals surface area contributed by atoms with Gasteiger partial charge in [-0.05, 0) is 25.8 Å². The van der Waals surface area contributed by atoms with Gasteiger partial charge in [0, 0.05) is 6.42 Å². The van der Waals surface area contributed by atoms with Gasteiger partial charge in [0.05, 0.1) is 0 Å². The lowest BCUT2D eigenvalue weighted by atomic mass is 10.0. The third kappa shape index (κ3) is 16.4. The molecule has 0 fully saturated rings. The summed E-state index contributed by atoms with van der Waals surface area (Å²) in [4.78, 5) is 23.2. The molecule has 154 valence electrons. The van der Waals surface area contributed by atoms with Crippen LogP contribution in [0.1, 0.15) is 110 Å². The van der Waals surface area contributed by atoms with Crippen LogP contribution in [0.25, 0.3) is 0 Å². The minimum atomic E-state index is -0.576. The van der Waals surface area contributed by atoms with Gasteiger partial charge in [0.1, 0.15) is 6.04 Å². The van der Waals surface area contributed by atoms with Crippen molar-refractivity contribution in [2.75, 3.05) is 6.54 Å². The monoisotopic (exact) mass is 369 g/mol. The van der Waals surface area contributed by atoms with E-state index in [-0.39, 0.29) is 5.91 Å². The first kappa shape index (κ1) is 24.9. The summed E-state index contributed by atoms with van der Waals surface area (Å²) in [6, 6.07) is -0.576. The van der Waals surface area contributed by atoms with Crippen LogP contribution >= 0.6 is 0 Å². The number of amides is 2. The Balaban J connectivity index is 3.43. The van der Waals surface area contributed by atoms with Gasteiger partial charge in [-0.15, -0.1) is 0 Å². The standard InChI is InChI=1S/C21H43N3O2/c1-2-3-4-5-6-7-8-9-10-11-12-13-14-17-20(25)24-19(21(23)26)16-15-18-22/h19H,2-18,22H2,1H3,(H2,23,26)(H,24,25). The molecule has 0 saturated carbocycles. The molecule has 0 aliphatic heterocycles. The first-order valence-corrected chi connectivity index (χ1v) is 10.9. The molecular formula is C21H43N3O2. The molecule has 0 aromatic carbocycles. The molecule has 0 saturated heterocycles. The van der Waals surface area contributed by atoms with Gasteiger partial charge in [0.25, 0.3) is 0 Å². The number of unbranched alkanes of at least 4 members (excludes halogenated alkanes) is 12. The number of carbonyl (C=O) groups excluding carboxylic acids is 2. The van der Waals surface area contributed by atoms with Crippen molar-refractivity contribution in [3.8, 4) is 0 Å². The highest BCUT2D eigenvalue weighted by molar-refractivity contribution is 5.86. The predicted molar refractivity (Wildman–Crippen MR) is 110 cm³/mol. The van der Waals surface area contributed by atoms with E-state index in [9.17, 15) is 9.59 Å². The van der Waals surface area contributed by atoms with Crippen molar-refractivity contribution in [3.05, 3.63) is 0 Å². The van der Waals surface area contributed by atoms with Crippen molar-refractivity contribution in [2.24, 2.45) is 11.5 Å².